The Morgan fingerprint density at radius 2 is 0.788 bits per heavy atom. The monoisotopic (exact) mass is 734 g/mol. The molecule has 3 unspecified atom stereocenters. The lowest BCUT2D eigenvalue weighted by Crippen LogP contribution is -2.50. The van der Waals surface area contributed by atoms with E-state index in [0.29, 0.717) is 12.8 Å². The largest absolute Gasteiger partial charge is 0.394 e. The van der Waals surface area contributed by atoms with Crippen molar-refractivity contribution in [1.82, 2.24) is 5.32 Å². The number of allylic oxidation sites excluding steroid dienone is 4. The molecule has 0 heterocycles. The highest BCUT2D eigenvalue weighted by Crippen LogP contribution is 2.16. The average molecular weight is 734 g/mol. The van der Waals surface area contributed by atoms with Gasteiger partial charge in [-0.05, 0) is 51.4 Å². The Bertz CT molecular complexity index is 768. The van der Waals surface area contributed by atoms with Crippen LogP contribution in [-0.2, 0) is 4.79 Å². The Morgan fingerprint density at radius 1 is 0.462 bits per heavy atom. The zero-order valence-electron chi connectivity index (χ0n) is 35.0. The molecular weight excluding hydrogens is 643 g/mol. The molecule has 0 saturated heterocycles. The van der Waals surface area contributed by atoms with Crippen molar-refractivity contribution in [2.45, 2.75) is 263 Å². The van der Waals surface area contributed by atoms with Crippen LogP contribution in [0.4, 0.5) is 0 Å². The summed E-state index contributed by atoms with van der Waals surface area (Å²) in [5.41, 5.74) is 0. The number of aliphatic hydroxyl groups excluding tert-OH is 3. The first-order valence-corrected chi connectivity index (χ1v) is 23.1. The number of hydrogen-bond donors (Lipinski definition) is 4. The molecule has 0 bridgehead atoms. The van der Waals surface area contributed by atoms with Crippen LogP contribution in [0.15, 0.2) is 24.3 Å². The van der Waals surface area contributed by atoms with Gasteiger partial charge in [-0.15, -0.1) is 0 Å². The average Bonchev–Trinajstić information content (AvgIpc) is 3.15. The predicted molar refractivity (Wildman–Crippen MR) is 227 cm³/mol. The highest BCUT2D eigenvalue weighted by atomic mass is 16.3. The fraction of sp³-hybridized carbons (Fsp3) is 0.894. The molecular formula is C47H91NO4. The first-order chi connectivity index (χ1) is 25.6. The van der Waals surface area contributed by atoms with Gasteiger partial charge in [0, 0.05) is 6.42 Å². The van der Waals surface area contributed by atoms with Crippen molar-refractivity contribution in [1.29, 1.82) is 0 Å². The van der Waals surface area contributed by atoms with Crippen molar-refractivity contribution in [3.05, 3.63) is 24.3 Å². The SMILES string of the molecule is CCCCCCCCCCCCCCCCC/C=C/CC/C=C/CCCC(O)C(O)C(CO)NC(=O)CCCCCCCCCCCCCCCC. The Kier molecular flexibility index (Phi) is 41.6. The molecule has 0 aromatic heterocycles. The summed E-state index contributed by atoms with van der Waals surface area (Å²) in [4.78, 5) is 12.4. The van der Waals surface area contributed by atoms with Crippen molar-refractivity contribution in [3.8, 4) is 0 Å². The van der Waals surface area contributed by atoms with E-state index >= 15 is 0 Å². The second kappa shape index (κ2) is 42.6. The van der Waals surface area contributed by atoms with E-state index in [0.717, 1.165) is 44.9 Å². The number of unbranched alkanes of at least 4 members (excludes halogenated alkanes) is 30. The predicted octanol–water partition coefficient (Wildman–Crippen LogP) is 13.4. The van der Waals surface area contributed by atoms with Gasteiger partial charge < -0.3 is 20.6 Å². The Morgan fingerprint density at radius 3 is 1.17 bits per heavy atom. The maximum atomic E-state index is 12.4. The van der Waals surface area contributed by atoms with E-state index < -0.39 is 18.2 Å². The van der Waals surface area contributed by atoms with Crippen LogP contribution in [0.1, 0.15) is 245 Å². The topological polar surface area (TPSA) is 89.8 Å². The smallest absolute Gasteiger partial charge is 0.220 e. The zero-order valence-corrected chi connectivity index (χ0v) is 35.0. The molecule has 4 N–H and O–H groups in total. The number of nitrogens with one attached hydrogen (secondary N) is 1. The van der Waals surface area contributed by atoms with Crippen LogP contribution in [0.25, 0.3) is 0 Å². The molecule has 0 aliphatic heterocycles. The normalized spacial score (nSPS) is 13.7. The van der Waals surface area contributed by atoms with E-state index in [1.165, 1.54) is 173 Å². The van der Waals surface area contributed by atoms with Gasteiger partial charge in [0.05, 0.1) is 18.8 Å². The van der Waals surface area contributed by atoms with Crippen molar-refractivity contribution >= 4 is 5.91 Å². The molecule has 0 aliphatic rings. The van der Waals surface area contributed by atoms with Crippen molar-refractivity contribution in [2.75, 3.05) is 6.61 Å². The summed E-state index contributed by atoms with van der Waals surface area (Å²) in [6.07, 6.45) is 51.6. The lowest BCUT2D eigenvalue weighted by atomic mass is 10.0. The van der Waals surface area contributed by atoms with Crippen LogP contribution in [0.5, 0.6) is 0 Å². The molecule has 0 rings (SSSR count). The first-order valence-electron chi connectivity index (χ1n) is 23.1. The highest BCUT2D eigenvalue weighted by Gasteiger charge is 2.26. The molecule has 0 aromatic carbocycles. The second-order valence-electron chi connectivity index (χ2n) is 16.0. The molecule has 0 radical (unpaired) electrons. The molecule has 5 heteroatoms. The summed E-state index contributed by atoms with van der Waals surface area (Å²) in [6.45, 7) is 4.17. The maximum Gasteiger partial charge on any atom is 0.220 e. The van der Waals surface area contributed by atoms with Gasteiger partial charge in [0.25, 0.3) is 0 Å². The molecule has 0 spiro atoms. The number of amides is 1. The molecule has 3 atom stereocenters. The van der Waals surface area contributed by atoms with Gasteiger partial charge in [-0.3, -0.25) is 4.79 Å². The van der Waals surface area contributed by atoms with Gasteiger partial charge in [0.2, 0.25) is 5.91 Å². The summed E-state index contributed by atoms with van der Waals surface area (Å²) in [7, 11) is 0. The van der Waals surface area contributed by atoms with Crippen molar-refractivity contribution in [3.63, 3.8) is 0 Å². The summed E-state index contributed by atoms with van der Waals surface area (Å²) >= 11 is 0. The van der Waals surface area contributed by atoms with Gasteiger partial charge in [0.15, 0.2) is 0 Å². The fourth-order valence-corrected chi connectivity index (χ4v) is 7.18. The second-order valence-corrected chi connectivity index (χ2v) is 16.0. The van der Waals surface area contributed by atoms with Gasteiger partial charge in [-0.2, -0.15) is 0 Å². The molecule has 5 nitrogen and oxygen atoms in total. The minimum atomic E-state index is -1.16. The summed E-state index contributed by atoms with van der Waals surface area (Å²) in [5.74, 6) is -0.156. The van der Waals surface area contributed by atoms with E-state index in [1.807, 2.05) is 0 Å². The molecule has 0 aromatic rings. The molecule has 52 heavy (non-hydrogen) atoms. The zero-order chi connectivity index (χ0) is 38.0. The Labute approximate surface area is 324 Å². The Hall–Kier alpha value is -1.17. The third-order valence-corrected chi connectivity index (χ3v) is 10.8. The Balaban J connectivity index is 3.65. The number of carbonyl (C=O) groups is 1. The summed E-state index contributed by atoms with van der Waals surface area (Å²) in [5, 5.41) is 33.5. The summed E-state index contributed by atoms with van der Waals surface area (Å²) < 4.78 is 0. The van der Waals surface area contributed by atoms with E-state index in [9.17, 15) is 20.1 Å². The van der Waals surface area contributed by atoms with Crippen LogP contribution in [0, 0.1) is 0 Å². The van der Waals surface area contributed by atoms with Crippen LogP contribution in [-0.4, -0.2) is 46.1 Å². The van der Waals surface area contributed by atoms with Gasteiger partial charge in [-0.25, -0.2) is 0 Å². The van der Waals surface area contributed by atoms with Crippen LogP contribution in [0.3, 0.4) is 0 Å². The molecule has 0 fully saturated rings. The quantitative estimate of drug-likeness (QED) is 0.0371. The number of hydrogen-bond acceptors (Lipinski definition) is 4. The standard InChI is InChI=1S/C47H91NO4/c1-3-5-7-9-11-13-15-17-19-20-21-22-23-24-25-26-27-28-29-31-33-35-37-39-41-45(50)47(52)44(43-49)48-46(51)42-40-38-36-34-32-30-18-16-14-12-10-8-6-4-2/h27-28,33,35,44-45,47,49-50,52H,3-26,29-32,34,36-43H2,1-2H3,(H,48,51)/b28-27+,35-33+. The third kappa shape index (κ3) is 37.2. The minimum Gasteiger partial charge on any atom is -0.394 e. The molecule has 308 valence electrons. The summed E-state index contributed by atoms with van der Waals surface area (Å²) in [6, 6.07) is -0.828. The van der Waals surface area contributed by atoms with E-state index in [2.05, 4.69) is 43.5 Å². The first kappa shape index (κ1) is 50.8. The number of carbonyl (C=O) groups excluding carboxylic acids is 1. The minimum absolute atomic E-state index is 0.156. The number of rotatable bonds is 42. The van der Waals surface area contributed by atoms with Gasteiger partial charge in [0.1, 0.15) is 6.10 Å². The highest BCUT2D eigenvalue weighted by molar-refractivity contribution is 5.76. The molecule has 1 amide bonds. The molecule has 0 saturated carbocycles. The van der Waals surface area contributed by atoms with Crippen LogP contribution >= 0.6 is 0 Å². The lowest BCUT2D eigenvalue weighted by Gasteiger charge is -2.26. The van der Waals surface area contributed by atoms with E-state index in [4.69, 9.17) is 0 Å². The van der Waals surface area contributed by atoms with Crippen LogP contribution in [0.2, 0.25) is 0 Å². The fourth-order valence-electron chi connectivity index (χ4n) is 7.18. The molecule has 0 aliphatic carbocycles. The van der Waals surface area contributed by atoms with Crippen molar-refractivity contribution in [2.24, 2.45) is 0 Å². The van der Waals surface area contributed by atoms with Crippen LogP contribution < -0.4 is 5.32 Å². The lowest BCUT2D eigenvalue weighted by molar-refractivity contribution is -0.124. The van der Waals surface area contributed by atoms with Crippen molar-refractivity contribution < 1.29 is 20.1 Å². The number of aliphatic hydroxyl groups is 3. The van der Waals surface area contributed by atoms with E-state index in [-0.39, 0.29) is 12.5 Å². The third-order valence-electron chi connectivity index (χ3n) is 10.8. The van der Waals surface area contributed by atoms with Gasteiger partial charge >= 0.3 is 0 Å². The van der Waals surface area contributed by atoms with E-state index in [1.54, 1.807) is 0 Å². The van der Waals surface area contributed by atoms with Gasteiger partial charge in [-0.1, -0.05) is 212 Å². The maximum absolute atomic E-state index is 12.4.